The van der Waals surface area contributed by atoms with Crippen molar-refractivity contribution < 1.29 is 17.9 Å². The second kappa shape index (κ2) is 7.85. The van der Waals surface area contributed by atoms with Crippen molar-refractivity contribution in [2.24, 2.45) is 0 Å². The number of anilines is 1. The Morgan fingerprint density at radius 3 is 2.40 bits per heavy atom. The standard InChI is InChI=1S/C18H26N2O4S/c1-24-14-13-20(16-5-2-3-6-16)25(22,23)17-10-8-15(9-11-17)19-12-4-7-18(19)21/h8-11,16H,2-7,12-14H2,1H3. The maximum Gasteiger partial charge on any atom is 0.243 e. The van der Waals surface area contributed by atoms with Crippen molar-refractivity contribution in [3.8, 4) is 0 Å². The number of nitrogens with zero attached hydrogens (tertiary/aromatic N) is 2. The number of amides is 1. The first-order valence-corrected chi connectivity index (χ1v) is 10.4. The molecule has 0 aromatic heterocycles. The van der Waals surface area contributed by atoms with E-state index in [-0.39, 0.29) is 16.8 Å². The number of carbonyl (C=O) groups is 1. The van der Waals surface area contributed by atoms with Crippen LogP contribution in [0.25, 0.3) is 0 Å². The van der Waals surface area contributed by atoms with Gasteiger partial charge in [0.15, 0.2) is 0 Å². The topological polar surface area (TPSA) is 66.9 Å². The Hall–Kier alpha value is -1.44. The van der Waals surface area contributed by atoms with Gasteiger partial charge in [-0.1, -0.05) is 12.8 Å². The second-order valence-electron chi connectivity index (χ2n) is 6.69. The van der Waals surface area contributed by atoms with E-state index in [1.54, 1.807) is 40.6 Å². The van der Waals surface area contributed by atoms with E-state index in [2.05, 4.69) is 0 Å². The van der Waals surface area contributed by atoms with Crippen molar-refractivity contribution in [3.63, 3.8) is 0 Å². The average molecular weight is 366 g/mol. The van der Waals surface area contributed by atoms with Crippen LogP contribution in [0.5, 0.6) is 0 Å². The lowest BCUT2D eigenvalue weighted by Crippen LogP contribution is -2.40. The molecule has 1 aliphatic heterocycles. The summed E-state index contributed by atoms with van der Waals surface area (Å²) in [5.41, 5.74) is 0.769. The van der Waals surface area contributed by atoms with E-state index in [4.69, 9.17) is 4.74 Å². The lowest BCUT2D eigenvalue weighted by molar-refractivity contribution is -0.117. The average Bonchev–Trinajstić information content (AvgIpc) is 3.27. The molecule has 7 heteroatoms. The Morgan fingerprint density at radius 2 is 1.84 bits per heavy atom. The van der Waals surface area contributed by atoms with Gasteiger partial charge in [-0.25, -0.2) is 8.42 Å². The van der Waals surface area contributed by atoms with Gasteiger partial charge in [-0.15, -0.1) is 0 Å². The predicted molar refractivity (Wildman–Crippen MR) is 96.1 cm³/mol. The van der Waals surface area contributed by atoms with E-state index in [9.17, 15) is 13.2 Å². The van der Waals surface area contributed by atoms with Gasteiger partial charge in [0.2, 0.25) is 15.9 Å². The molecule has 1 heterocycles. The zero-order valence-corrected chi connectivity index (χ0v) is 15.5. The molecule has 6 nitrogen and oxygen atoms in total. The summed E-state index contributed by atoms with van der Waals surface area (Å²) in [7, 11) is -1.98. The third-order valence-corrected chi connectivity index (χ3v) is 7.04. The predicted octanol–water partition coefficient (Wildman–Crippen LogP) is 2.39. The number of hydrogen-bond acceptors (Lipinski definition) is 4. The summed E-state index contributed by atoms with van der Waals surface area (Å²) >= 11 is 0. The molecule has 0 atom stereocenters. The molecule has 1 aromatic carbocycles. The summed E-state index contributed by atoms with van der Waals surface area (Å²) in [5, 5.41) is 0. The third-order valence-electron chi connectivity index (χ3n) is 5.08. The summed E-state index contributed by atoms with van der Waals surface area (Å²) in [5.74, 6) is 0.100. The van der Waals surface area contributed by atoms with E-state index >= 15 is 0 Å². The first-order valence-electron chi connectivity index (χ1n) is 8.95. The van der Waals surface area contributed by atoms with Gasteiger partial charge < -0.3 is 9.64 Å². The Kier molecular flexibility index (Phi) is 5.76. The van der Waals surface area contributed by atoms with Crippen LogP contribution >= 0.6 is 0 Å². The summed E-state index contributed by atoms with van der Waals surface area (Å²) < 4.78 is 32.9. The molecule has 1 saturated carbocycles. The number of ether oxygens (including phenoxy) is 1. The fourth-order valence-corrected chi connectivity index (χ4v) is 5.40. The Labute approximate surface area is 149 Å². The maximum atomic E-state index is 13.1. The van der Waals surface area contributed by atoms with E-state index in [1.807, 2.05) is 0 Å². The molecular weight excluding hydrogens is 340 g/mol. The second-order valence-corrected chi connectivity index (χ2v) is 8.58. The van der Waals surface area contributed by atoms with Crippen LogP contribution in [0.4, 0.5) is 5.69 Å². The van der Waals surface area contributed by atoms with Gasteiger partial charge in [-0.3, -0.25) is 4.79 Å². The van der Waals surface area contributed by atoms with Crippen LogP contribution in [0.3, 0.4) is 0 Å². The lowest BCUT2D eigenvalue weighted by Gasteiger charge is -2.28. The van der Waals surface area contributed by atoms with Crippen molar-refractivity contribution in [1.29, 1.82) is 0 Å². The fraction of sp³-hybridized carbons (Fsp3) is 0.611. The Balaban J connectivity index is 1.82. The van der Waals surface area contributed by atoms with Crippen LogP contribution in [0.2, 0.25) is 0 Å². The minimum absolute atomic E-state index is 0.0555. The normalized spacial score (nSPS) is 19.3. The molecule has 138 valence electrons. The van der Waals surface area contributed by atoms with Crippen LogP contribution < -0.4 is 4.90 Å². The van der Waals surface area contributed by atoms with Crippen LogP contribution in [-0.2, 0) is 19.6 Å². The summed E-state index contributed by atoms with van der Waals surface area (Å²) in [6.07, 6.45) is 5.36. The fourth-order valence-electron chi connectivity index (χ4n) is 3.73. The molecule has 2 fully saturated rings. The minimum atomic E-state index is -3.56. The molecule has 1 aliphatic carbocycles. The van der Waals surface area contributed by atoms with Gasteiger partial charge in [-0.2, -0.15) is 4.31 Å². The monoisotopic (exact) mass is 366 g/mol. The van der Waals surface area contributed by atoms with E-state index in [1.165, 1.54) is 0 Å². The number of methoxy groups -OCH3 is 1. The van der Waals surface area contributed by atoms with Gasteiger partial charge in [0, 0.05) is 38.3 Å². The molecule has 0 bridgehead atoms. The van der Waals surface area contributed by atoms with Crippen LogP contribution in [0.1, 0.15) is 38.5 Å². The molecule has 2 aliphatic rings. The van der Waals surface area contributed by atoms with Crippen LogP contribution in [0, 0.1) is 0 Å². The first-order chi connectivity index (χ1) is 12.0. The highest BCUT2D eigenvalue weighted by Gasteiger charge is 2.33. The molecule has 0 radical (unpaired) electrons. The maximum absolute atomic E-state index is 13.1. The van der Waals surface area contributed by atoms with Gasteiger partial charge in [0.05, 0.1) is 11.5 Å². The third kappa shape index (κ3) is 3.88. The van der Waals surface area contributed by atoms with Crippen molar-refractivity contribution in [1.82, 2.24) is 4.31 Å². The van der Waals surface area contributed by atoms with Crippen molar-refractivity contribution in [2.45, 2.75) is 49.5 Å². The summed E-state index contributed by atoms with van der Waals surface area (Å²) in [4.78, 5) is 13.8. The highest BCUT2D eigenvalue weighted by Crippen LogP contribution is 2.30. The van der Waals surface area contributed by atoms with Crippen molar-refractivity contribution in [3.05, 3.63) is 24.3 Å². The molecule has 25 heavy (non-hydrogen) atoms. The van der Waals surface area contributed by atoms with Gasteiger partial charge in [0.1, 0.15) is 0 Å². The van der Waals surface area contributed by atoms with E-state index in [0.717, 1.165) is 37.8 Å². The molecule has 0 unspecified atom stereocenters. The zero-order valence-electron chi connectivity index (χ0n) is 14.7. The Bertz CT molecular complexity index is 696. The molecule has 0 N–H and O–H groups in total. The highest BCUT2D eigenvalue weighted by atomic mass is 32.2. The molecule has 3 rings (SSSR count). The number of hydrogen-bond donors (Lipinski definition) is 0. The molecule has 1 saturated heterocycles. The number of benzene rings is 1. The quantitative estimate of drug-likeness (QED) is 0.743. The van der Waals surface area contributed by atoms with E-state index < -0.39 is 10.0 Å². The van der Waals surface area contributed by atoms with Gasteiger partial charge in [0.25, 0.3) is 0 Å². The first kappa shape index (κ1) is 18.4. The van der Waals surface area contributed by atoms with Crippen molar-refractivity contribution in [2.75, 3.05) is 31.7 Å². The number of carbonyl (C=O) groups excluding carboxylic acids is 1. The molecule has 1 aromatic rings. The number of rotatable bonds is 7. The largest absolute Gasteiger partial charge is 0.383 e. The lowest BCUT2D eigenvalue weighted by atomic mass is 10.2. The summed E-state index contributed by atoms with van der Waals surface area (Å²) in [6, 6.07) is 6.76. The van der Waals surface area contributed by atoms with Crippen LogP contribution in [-0.4, -0.2) is 51.5 Å². The van der Waals surface area contributed by atoms with Gasteiger partial charge >= 0.3 is 0 Å². The summed E-state index contributed by atoms with van der Waals surface area (Å²) in [6.45, 7) is 1.46. The Morgan fingerprint density at radius 1 is 1.16 bits per heavy atom. The minimum Gasteiger partial charge on any atom is -0.383 e. The van der Waals surface area contributed by atoms with Crippen LogP contribution in [0.15, 0.2) is 29.2 Å². The van der Waals surface area contributed by atoms with Crippen molar-refractivity contribution >= 4 is 21.6 Å². The molecular formula is C18H26N2O4S. The van der Waals surface area contributed by atoms with Gasteiger partial charge in [-0.05, 0) is 43.5 Å². The smallest absolute Gasteiger partial charge is 0.243 e. The van der Waals surface area contributed by atoms with E-state index in [0.29, 0.717) is 26.1 Å². The zero-order chi connectivity index (χ0) is 17.9. The molecule has 1 amide bonds. The highest BCUT2D eigenvalue weighted by molar-refractivity contribution is 7.89. The SMILES string of the molecule is COCCN(C1CCCC1)S(=O)(=O)c1ccc(N2CCCC2=O)cc1. The number of sulfonamides is 1. The molecule has 0 spiro atoms.